The summed E-state index contributed by atoms with van der Waals surface area (Å²) < 4.78 is 0. The van der Waals surface area contributed by atoms with Gasteiger partial charge >= 0.3 is 0 Å². The number of piperazine rings is 1. The van der Waals surface area contributed by atoms with E-state index < -0.39 is 0 Å². The predicted octanol–water partition coefficient (Wildman–Crippen LogP) is 0.385. The number of benzene rings is 1. The van der Waals surface area contributed by atoms with Gasteiger partial charge in [0.15, 0.2) is 0 Å². The molecule has 0 aromatic heterocycles. The highest BCUT2D eigenvalue weighted by molar-refractivity contribution is 6.34. The number of nitrogens with zero attached hydrogens (tertiary/aromatic N) is 1. The van der Waals surface area contributed by atoms with Crippen molar-refractivity contribution in [3.8, 4) is 0 Å². The van der Waals surface area contributed by atoms with E-state index in [1.165, 1.54) is 4.90 Å². The second-order valence-corrected chi connectivity index (χ2v) is 3.87. The Kier molecular flexibility index (Phi) is 2.70. The highest BCUT2D eigenvalue weighted by Crippen LogP contribution is 2.28. The highest BCUT2D eigenvalue weighted by Gasteiger charge is 2.25. The molecule has 0 atom stereocenters. The lowest BCUT2D eigenvalue weighted by atomic mass is 10.2. The summed E-state index contributed by atoms with van der Waals surface area (Å²) in [5, 5.41) is 2.83. The zero-order chi connectivity index (χ0) is 11.7. The van der Waals surface area contributed by atoms with Crippen LogP contribution in [0.1, 0.15) is 0 Å². The van der Waals surface area contributed by atoms with Crippen LogP contribution in [-0.2, 0) is 9.59 Å². The Bertz CT molecular complexity index is 461. The molecule has 1 aliphatic rings. The second kappa shape index (κ2) is 4.02. The summed E-state index contributed by atoms with van der Waals surface area (Å²) in [6, 6.07) is 4.83. The lowest BCUT2D eigenvalue weighted by Crippen LogP contribution is -2.51. The maximum atomic E-state index is 11.6. The molecule has 16 heavy (non-hydrogen) atoms. The van der Waals surface area contributed by atoms with Crippen LogP contribution < -0.4 is 16.0 Å². The molecule has 6 heteroatoms. The molecule has 84 valence electrons. The summed E-state index contributed by atoms with van der Waals surface area (Å²) in [6.07, 6.45) is 0. The van der Waals surface area contributed by atoms with Crippen molar-refractivity contribution in [1.82, 2.24) is 5.32 Å². The third-order valence-corrected chi connectivity index (χ3v) is 2.60. The zero-order valence-electron chi connectivity index (χ0n) is 8.37. The number of rotatable bonds is 1. The van der Waals surface area contributed by atoms with Crippen molar-refractivity contribution in [3.63, 3.8) is 0 Å². The predicted molar refractivity (Wildman–Crippen MR) is 61.2 cm³/mol. The minimum atomic E-state index is -0.201. The smallest absolute Gasteiger partial charge is 0.246 e. The number of anilines is 2. The van der Waals surface area contributed by atoms with Crippen molar-refractivity contribution in [2.24, 2.45) is 0 Å². The molecule has 5 nitrogen and oxygen atoms in total. The Morgan fingerprint density at radius 1 is 1.38 bits per heavy atom. The first-order chi connectivity index (χ1) is 7.58. The molecule has 1 aromatic rings. The molecule has 0 aliphatic carbocycles. The Labute approximate surface area is 97.2 Å². The van der Waals surface area contributed by atoms with E-state index in [-0.39, 0.29) is 24.9 Å². The first-order valence-electron chi connectivity index (χ1n) is 4.70. The van der Waals surface area contributed by atoms with Crippen molar-refractivity contribution in [2.75, 3.05) is 23.7 Å². The van der Waals surface area contributed by atoms with Gasteiger partial charge in [0.1, 0.15) is 6.54 Å². The molecule has 0 spiro atoms. The van der Waals surface area contributed by atoms with Gasteiger partial charge in [-0.2, -0.15) is 0 Å². The molecular weight excluding hydrogens is 230 g/mol. The third-order valence-electron chi connectivity index (χ3n) is 2.30. The van der Waals surface area contributed by atoms with Crippen LogP contribution in [0.2, 0.25) is 5.02 Å². The number of hydrogen-bond acceptors (Lipinski definition) is 3. The molecule has 2 rings (SSSR count). The molecule has 0 unspecified atom stereocenters. The zero-order valence-corrected chi connectivity index (χ0v) is 9.12. The molecule has 0 radical (unpaired) electrons. The largest absolute Gasteiger partial charge is 0.399 e. The summed E-state index contributed by atoms with van der Waals surface area (Å²) in [6.45, 7) is -0.0119. The third kappa shape index (κ3) is 1.94. The Balaban J connectivity index is 2.35. The van der Waals surface area contributed by atoms with Crippen molar-refractivity contribution >= 4 is 34.8 Å². The van der Waals surface area contributed by atoms with Gasteiger partial charge in [-0.15, -0.1) is 0 Å². The van der Waals surface area contributed by atoms with E-state index in [2.05, 4.69) is 5.32 Å². The van der Waals surface area contributed by atoms with Crippen LogP contribution >= 0.6 is 11.6 Å². The highest BCUT2D eigenvalue weighted by atomic mass is 35.5. The van der Waals surface area contributed by atoms with E-state index in [1.54, 1.807) is 18.2 Å². The molecule has 1 saturated heterocycles. The molecule has 1 heterocycles. The molecule has 1 fully saturated rings. The molecular formula is C10H10ClN3O2. The molecule has 3 N–H and O–H groups in total. The van der Waals surface area contributed by atoms with Crippen molar-refractivity contribution in [1.29, 1.82) is 0 Å². The molecule has 0 saturated carbocycles. The number of hydrogen-bond donors (Lipinski definition) is 2. The van der Waals surface area contributed by atoms with E-state index in [0.717, 1.165) is 0 Å². The standard InChI is InChI=1S/C10H10ClN3O2/c11-7-3-6(12)1-2-8(7)14-5-9(15)13-4-10(14)16/h1-3H,4-5,12H2,(H,13,15). The van der Waals surface area contributed by atoms with Crippen LogP contribution in [-0.4, -0.2) is 24.9 Å². The normalized spacial score (nSPS) is 16.2. The Hall–Kier alpha value is -1.75. The van der Waals surface area contributed by atoms with E-state index >= 15 is 0 Å². The topological polar surface area (TPSA) is 75.4 Å². The van der Waals surface area contributed by atoms with Crippen molar-refractivity contribution in [3.05, 3.63) is 23.2 Å². The summed E-state index contributed by atoms with van der Waals surface area (Å²) in [4.78, 5) is 24.1. The van der Waals surface area contributed by atoms with Crippen LogP contribution in [0.15, 0.2) is 18.2 Å². The maximum Gasteiger partial charge on any atom is 0.246 e. The van der Waals surface area contributed by atoms with Crippen LogP contribution in [0.25, 0.3) is 0 Å². The van der Waals surface area contributed by atoms with Crippen LogP contribution in [0.4, 0.5) is 11.4 Å². The number of carbonyl (C=O) groups excluding carboxylic acids is 2. The average molecular weight is 240 g/mol. The van der Waals surface area contributed by atoms with Crippen LogP contribution in [0.3, 0.4) is 0 Å². The number of nitrogens with two attached hydrogens (primary N) is 1. The summed E-state index contributed by atoms with van der Waals surface area (Å²) >= 11 is 5.97. The fraction of sp³-hybridized carbons (Fsp3) is 0.200. The first kappa shape index (κ1) is 10.8. The van der Waals surface area contributed by atoms with Gasteiger partial charge in [-0.1, -0.05) is 11.6 Å². The average Bonchev–Trinajstić information content (AvgIpc) is 2.22. The minimum Gasteiger partial charge on any atom is -0.399 e. The maximum absolute atomic E-state index is 11.6. The van der Waals surface area contributed by atoms with Gasteiger partial charge in [-0.05, 0) is 18.2 Å². The van der Waals surface area contributed by atoms with Crippen LogP contribution in [0.5, 0.6) is 0 Å². The SMILES string of the molecule is Nc1ccc(N2CC(=O)NCC2=O)c(Cl)c1. The summed E-state index contributed by atoms with van der Waals surface area (Å²) in [7, 11) is 0. The molecule has 1 aromatic carbocycles. The second-order valence-electron chi connectivity index (χ2n) is 3.47. The number of nitrogens with one attached hydrogen (secondary N) is 1. The quantitative estimate of drug-likeness (QED) is 0.696. The number of nitrogen functional groups attached to an aromatic ring is 1. The Morgan fingerprint density at radius 3 is 2.81 bits per heavy atom. The number of carbonyl (C=O) groups is 2. The monoisotopic (exact) mass is 239 g/mol. The van der Waals surface area contributed by atoms with Gasteiger partial charge in [-0.3, -0.25) is 14.5 Å². The van der Waals surface area contributed by atoms with Gasteiger partial charge in [0.2, 0.25) is 11.8 Å². The van der Waals surface area contributed by atoms with Crippen LogP contribution in [0, 0.1) is 0 Å². The summed E-state index contributed by atoms with van der Waals surface area (Å²) in [5.74, 6) is -0.390. The lowest BCUT2D eigenvalue weighted by Gasteiger charge is -2.27. The van der Waals surface area contributed by atoms with E-state index in [0.29, 0.717) is 16.4 Å². The molecule has 0 bridgehead atoms. The van der Waals surface area contributed by atoms with E-state index in [1.807, 2.05) is 0 Å². The van der Waals surface area contributed by atoms with E-state index in [9.17, 15) is 9.59 Å². The van der Waals surface area contributed by atoms with Gasteiger partial charge in [0, 0.05) is 5.69 Å². The van der Waals surface area contributed by atoms with Crippen molar-refractivity contribution in [2.45, 2.75) is 0 Å². The Morgan fingerprint density at radius 2 is 2.12 bits per heavy atom. The van der Waals surface area contributed by atoms with Crippen molar-refractivity contribution < 1.29 is 9.59 Å². The lowest BCUT2D eigenvalue weighted by molar-refractivity contribution is -0.128. The fourth-order valence-corrected chi connectivity index (χ4v) is 1.81. The van der Waals surface area contributed by atoms with Gasteiger partial charge in [0.05, 0.1) is 17.3 Å². The first-order valence-corrected chi connectivity index (χ1v) is 5.08. The van der Waals surface area contributed by atoms with Gasteiger partial charge in [0.25, 0.3) is 0 Å². The fourth-order valence-electron chi connectivity index (χ4n) is 1.52. The molecule has 1 aliphatic heterocycles. The molecule has 2 amide bonds. The van der Waals surface area contributed by atoms with E-state index in [4.69, 9.17) is 17.3 Å². The van der Waals surface area contributed by atoms with Gasteiger partial charge < -0.3 is 11.1 Å². The summed E-state index contributed by atoms with van der Waals surface area (Å²) in [5.41, 5.74) is 6.58. The number of amides is 2. The number of halogens is 1. The minimum absolute atomic E-state index is 0.000458. The van der Waals surface area contributed by atoms with Gasteiger partial charge in [-0.25, -0.2) is 0 Å².